The summed E-state index contributed by atoms with van der Waals surface area (Å²) in [4.78, 5) is 24.3. The van der Waals surface area contributed by atoms with Gasteiger partial charge in [-0.15, -0.1) is 0 Å². The summed E-state index contributed by atoms with van der Waals surface area (Å²) in [5.41, 5.74) is 0.978. The molecule has 2 amide bonds. The van der Waals surface area contributed by atoms with Crippen LogP contribution < -0.4 is 10.6 Å². The molecular weight excluding hydrogens is 356 g/mol. The Morgan fingerprint density at radius 2 is 1.14 bits per heavy atom. The molecule has 0 saturated carbocycles. The molecule has 28 heavy (non-hydrogen) atoms. The fourth-order valence-corrected chi connectivity index (χ4v) is 2.45. The summed E-state index contributed by atoms with van der Waals surface area (Å²) in [6, 6.07) is 14.1. The molecule has 2 N–H and O–H groups in total. The summed E-state index contributed by atoms with van der Waals surface area (Å²) in [7, 11) is 0. The zero-order chi connectivity index (χ0) is 19.9. The van der Waals surface area contributed by atoms with Crippen LogP contribution in [0.3, 0.4) is 0 Å². The minimum absolute atomic E-state index is 0.336. The molecule has 0 aliphatic rings. The maximum Gasteiger partial charge on any atom is 0.248 e. The highest BCUT2D eigenvalue weighted by Gasteiger charge is 2.07. The molecule has 6 nitrogen and oxygen atoms in total. The van der Waals surface area contributed by atoms with Gasteiger partial charge in [-0.3, -0.25) is 9.59 Å². The fraction of sp³-hybridized carbons (Fsp3) is 0.0909. The molecule has 6 heteroatoms. The van der Waals surface area contributed by atoms with Crippen LogP contribution in [0.2, 0.25) is 0 Å². The molecule has 0 aliphatic carbocycles. The molecule has 2 aromatic heterocycles. The van der Waals surface area contributed by atoms with Gasteiger partial charge in [-0.2, -0.15) is 0 Å². The predicted octanol–water partition coefficient (Wildman–Crippen LogP) is 4.79. The molecule has 142 valence electrons. The van der Waals surface area contributed by atoms with Gasteiger partial charge in [0, 0.05) is 12.2 Å². The molecular formula is C22H20N2O4. The molecule has 0 unspecified atom stereocenters. The van der Waals surface area contributed by atoms with Crippen LogP contribution in [0.4, 0.5) is 11.4 Å². The van der Waals surface area contributed by atoms with Gasteiger partial charge in [0.05, 0.1) is 11.4 Å². The Kier molecular flexibility index (Phi) is 5.91. The second kappa shape index (κ2) is 8.73. The van der Waals surface area contributed by atoms with Crippen molar-refractivity contribution in [3.05, 3.63) is 83.7 Å². The van der Waals surface area contributed by atoms with Crippen molar-refractivity contribution in [2.45, 2.75) is 13.8 Å². The van der Waals surface area contributed by atoms with E-state index in [1.807, 2.05) is 26.0 Å². The second-order valence-electron chi connectivity index (χ2n) is 6.09. The molecule has 3 rings (SSSR count). The number of aryl methyl sites for hydroxylation is 2. The molecule has 0 atom stereocenters. The van der Waals surface area contributed by atoms with E-state index in [2.05, 4.69) is 10.6 Å². The largest absolute Gasteiger partial charge is 0.462 e. The molecule has 0 spiro atoms. The van der Waals surface area contributed by atoms with E-state index >= 15 is 0 Å². The Hall–Kier alpha value is -3.80. The highest BCUT2D eigenvalue weighted by Crippen LogP contribution is 2.21. The molecule has 2 heterocycles. The van der Waals surface area contributed by atoms with Crippen molar-refractivity contribution in [2.75, 3.05) is 10.6 Å². The smallest absolute Gasteiger partial charge is 0.248 e. The quantitative estimate of drug-likeness (QED) is 0.606. The van der Waals surface area contributed by atoms with Crippen molar-refractivity contribution >= 4 is 35.3 Å². The van der Waals surface area contributed by atoms with E-state index in [1.54, 1.807) is 48.6 Å². The molecule has 0 radical (unpaired) electrons. The van der Waals surface area contributed by atoms with E-state index in [-0.39, 0.29) is 11.8 Å². The lowest BCUT2D eigenvalue weighted by atomic mass is 10.2. The summed E-state index contributed by atoms with van der Waals surface area (Å²) in [6.07, 6.45) is 5.90. The third kappa shape index (κ3) is 5.35. The zero-order valence-corrected chi connectivity index (χ0v) is 15.6. The number of hydrogen-bond donors (Lipinski definition) is 2. The number of amides is 2. The van der Waals surface area contributed by atoms with Crippen LogP contribution in [0.5, 0.6) is 0 Å². The minimum Gasteiger partial charge on any atom is -0.462 e. The van der Waals surface area contributed by atoms with Crippen molar-refractivity contribution in [3.8, 4) is 0 Å². The summed E-state index contributed by atoms with van der Waals surface area (Å²) >= 11 is 0. The van der Waals surface area contributed by atoms with Crippen molar-refractivity contribution in [2.24, 2.45) is 0 Å². The summed E-state index contributed by atoms with van der Waals surface area (Å²) < 4.78 is 10.8. The van der Waals surface area contributed by atoms with Gasteiger partial charge in [0.15, 0.2) is 0 Å². The topological polar surface area (TPSA) is 84.5 Å². The number of anilines is 2. The Morgan fingerprint density at radius 3 is 1.50 bits per heavy atom. The lowest BCUT2D eigenvalue weighted by Crippen LogP contribution is -2.13. The number of benzene rings is 1. The SMILES string of the molecule is Cc1ccc(/C=C/C(=O)Nc2ccccc2NC(=O)/C=C/c2ccc(C)o2)o1. The fourth-order valence-electron chi connectivity index (χ4n) is 2.45. The van der Waals surface area contributed by atoms with E-state index < -0.39 is 0 Å². The van der Waals surface area contributed by atoms with Crippen LogP contribution >= 0.6 is 0 Å². The van der Waals surface area contributed by atoms with Crippen LogP contribution in [0.25, 0.3) is 12.2 Å². The van der Waals surface area contributed by atoms with Crippen LogP contribution in [0, 0.1) is 13.8 Å². The first kappa shape index (κ1) is 19.0. The average molecular weight is 376 g/mol. The molecule has 0 aliphatic heterocycles. The standard InChI is InChI=1S/C22H20N2O4/c1-15-7-9-17(27-15)11-13-21(25)23-19-5-3-4-6-20(19)24-22(26)14-12-18-10-8-16(2)28-18/h3-14H,1-2H3,(H,23,25)(H,24,26)/b13-11+,14-12+. The third-order valence-corrected chi connectivity index (χ3v) is 3.76. The number of nitrogens with one attached hydrogen (secondary N) is 2. The van der Waals surface area contributed by atoms with Gasteiger partial charge in [0.1, 0.15) is 23.0 Å². The van der Waals surface area contributed by atoms with Crippen molar-refractivity contribution in [1.82, 2.24) is 0 Å². The van der Waals surface area contributed by atoms with E-state index in [9.17, 15) is 9.59 Å². The maximum absolute atomic E-state index is 12.2. The van der Waals surface area contributed by atoms with Crippen LogP contribution in [-0.2, 0) is 9.59 Å². The van der Waals surface area contributed by atoms with Crippen molar-refractivity contribution < 1.29 is 18.4 Å². The lowest BCUT2D eigenvalue weighted by molar-refractivity contribution is -0.112. The van der Waals surface area contributed by atoms with Gasteiger partial charge in [0.25, 0.3) is 0 Å². The van der Waals surface area contributed by atoms with Crippen LogP contribution in [0.1, 0.15) is 23.0 Å². The number of hydrogen-bond acceptors (Lipinski definition) is 4. The Balaban J connectivity index is 1.63. The summed E-state index contributed by atoms with van der Waals surface area (Å²) in [5, 5.41) is 5.49. The number of carbonyl (C=O) groups is 2. The Bertz CT molecular complexity index is 957. The first-order valence-corrected chi connectivity index (χ1v) is 8.69. The summed E-state index contributed by atoms with van der Waals surface area (Å²) in [5.74, 6) is 2.05. The second-order valence-corrected chi connectivity index (χ2v) is 6.09. The normalized spacial score (nSPS) is 11.2. The van der Waals surface area contributed by atoms with Gasteiger partial charge in [-0.05, 0) is 62.4 Å². The molecule has 0 saturated heterocycles. The van der Waals surface area contributed by atoms with Gasteiger partial charge in [-0.25, -0.2) is 0 Å². The lowest BCUT2D eigenvalue weighted by Gasteiger charge is -2.10. The minimum atomic E-state index is -0.336. The molecule has 0 fully saturated rings. The van der Waals surface area contributed by atoms with E-state index in [1.165, 1.54) is 12.2 Å². The van der Waals surface area contributed by atoms with E-state index in [0.717, 1.165) is 11.5 Å². The number of para-hydroxylation sites is 2. The average Bonchev–Trinajstić information content (AvgIpc) is 3.28. The molecule has 1 aromatic carbocycles. The first-order valence-electron chi connectivity index (χ1n) is 8.69. The first-order chi connectivity index (χ1) is 13.5. The Morgan fingerprint density at radius 1 is 0.714 bits per heavy atom. The monoisotopic (exact) mass is 376 g/mol. The van der Waals surface area contributed by atoms with Gasteiger partial charge in [0.2, 0.25) is 11.8 Å². The van der Waals surface area contributed by atoms with E-state index in [0.29, 0.717) is 22.9 Å². The van der Waals surface area contributed by atoms with Crippen molar-refractivity contribution in [3.63, 3.8) is 0 Å². The van der Waals surface area contributed by atoms with Crippen LogP contribution in [-0.4, -0.2) is 11.8 Å². The highest BCUT2D eigenvalue weighted by atomic mass is 16.3. The predicted molar refractivity (Wildman–Crippen MR) is 109 cm³/mol. The van der Waals surface area contributed by atoms with Crippen molar-refractivity contribution in [1.29, 1.82) is 0 Å². The zero-order valence-electron chi connectivity index (χ0n) is 15.6. The summed E-state index contributed by atoms with van der Waals surface area (Å²) in [6.45, 7) is 3.66. The molecule has 3 aromatic rings. The van der Waals surface area contributed by atoms with Gasteiger partial charge >= 0.3 is 0 Å². The van der Waals surface area contributed by atoms with Gasteiger partial charge < -0.3 is 19.5 Å². The van der Waals surface area contributed by atoms with E-state index in [4.69, 9.17) is 8.83 Å². The maximum atomic E-state index is 12.2. The molecule has 0 bridgehead atoms. The number of rotatable bonds is 6. The highest BCUT2D eigenvalue weighted by molar-refractivity contribution is 6.07. The Labute approximate surface area is 162 Å². The van der Waals surface area contributed by atoms with Gasteiger partial charge in [-0.1, -0.05) is 12.1 Å². The third-order valence-electron chi connectivity index (χ3n) is 3.76. The van der Waals surface area contributed by atoms with Crippen LogP contribution in [0.15, 0.2) is 69.5 Å². The number of furan rings is 2. The number of carbonyl (C=O) groups excluding carboxylic acids is 2.